The van der Waals surface area contributed by atoms with Crippen LogP contribution in [0.3, 0.4) is 0 Å². The minimum absolute atomic E-state index is 0.0453. The second-order valence-corrected chi connectivity index (χ2v) is 2.86. The largest absolute Gasteiger partial charge is 0.468 e. The van der Waals surface area contributed by atoms with Gasteiger partial charge in [0.25, 0.3) is 5.69 Å². The molecule has 0 heterocycles. The molecule has 0 aliphatic rings. The fourth-order valence-corrected chi connectivity index (χ4v) is 1.05. The van der Waals surface area contributed by atoms with Crippen LogP contribution in [-0.2, 0) is 9.53 Å². The van der Waals surface area contributed by atoms with Gasteiger partial charge in [-0.3, -0.25) is 19.9 Å². The molecule has 0 radical (unpaired) electrons. The van der Waals surface area contributed by atoms with Gasteiger partial charge in [0.15, 0.2) is 0 Å². The fraction of sp³-hybridized carbons (Fsp3) is 0.200. The molecule has 6 heteroatoms. The van der Waals surface area contributed by atoms with E-state index in [1.165, 1.54) is 19.4 Å². The molecule has 0 aromatic heterocycles. The molecular formula is C10H10N2O4. The van der Waals surface area contributed by atoms with Crippen LogP contribution < -0.4 is 0 Å². The van der Waals surface area contributed by atoms with Gasteiger partial charge in [-0.1, -0.05) is 12.1 Å². The molecule has 0 saturated carbocycles. The van der Waals surface area contributed by atoms with Crippen LogP contribution in [-0.4, -0.2) is 30.8 Å². The summed E-state index contributed by atoms with van der Waals surface area (Å²) in [6, 6.07) is 6.15. The number of nitro benzene ring substituents is 1. The number of hydrogen-bond acceptors (Lipinski definition) is 5. The number of nitrogens with zero attached hydrogens (tertiary/aromatic N) is 2. The van der Waals surface area contributed by atoms with E-state index >= 15 is 0 Å². The molecule has 0 atom stereocenters. The van der Waals surface area contributed by atoms with E-state index in [1.54, 1.807) is 18.2 Å². The lowest BCUT2D eigenvalue weighted by atomic mass is 10.2. The summed E-state index contributed by atoms with van der Waals surface area (Å²) in [5.74, 6) is -0.491. The van der Waals surface area contributed by atoms with Crippen molar-refractivity contribution in [3.05, 3.63) is 39.9 Å². The predicted molar refractivity (Wildman–Crippen MR) is 57.6 cm³/mol. The first-order valence-electron chi connectivity index (χ1n) is 4.45. The number of hydrogen-bond donors (Lipinski definition) is 0. The van der Waals surface area contributed by atoms with Gasteiger partial charge in [-0.2, -0.15) is 0 Å². The van der Waals surface area contributed by atoms with Crippen molar-refractivity contribution in [1.82, 2.24) is 0 Å². The number of para-hydroxylation sites is 1. The van der Waals surface area contributed by atoms with Gasteiger partial charge in [0, 0.05) is 12.3 Å². The van der Waals surface area contributed by atoms with Crippen molar-refractivity contribution in [2.24, 2.45) is 4.99 Å². The summed E-state index contributed by atoms with van der Waals surface area (Å²) < 4.78 is 4.38. The topological polar surface area (TPSA) is 81.8 Å². The monoisotopic (exact) mass is 222 g/mol. The Hall–Kier alpha value is -2.24. The number of benzene rings is 1. The molecular weight excluding hydrogens is 212 g/mol. The molecule has 0 unspecified atom stereocenters. The lowest BCUT2D eigenvalue weighted by molar-refractivity contribution is -0.385. The molecule has 1 aromatic carbocycles. The van der Waals surface area contributed by atoms with Crippen LogP contribution in [0.15, 0.2) is 29.3 Å². The second kappa shape index (κ2) is 5.59. The van der Waals surface area contributed by atoms with Crippen molar-refractivity contribution in [2.75, 3.05) is 13.7 Å². The van der Waals surface area contributed by atoms with Crippen LogP contribution in [0, 0.1) is 10.1 Å². The van der Waals surface area contributed by atoms with Crippen molar-refractivity contribution in [3.63, 3.8) is 0 Å². The average Bonchev–Trinajstić information content (AvgIpc) is 2.29. The second-order valence-electron chi connectivity index (χ2n) is 2.86. The summed E-state index contributed by atoms with van der Waals surface area (Å²) in [6.45, 7) is -0.150. The van der Waals surface area contributed by atoms with E-state index in [0.29, 0.717) is 5.56 Å². The van der Waals surface area contributed by atoms with Crippen LogP contribution in [0.25, 0.3) is 0 Å². The standard InChI is InChI=1S/C10H10N2O4/c1-16-10(13)7-11-6-8-4-2-3-5-9(8)12(14)15/h2-6H,7H2,1H3. The van der Waals surface area contributed by atoms with Crippen molar-refractivity contribution in [3.8, 4) is 0 Å². The smallest absolute Gasteiger partial charge is 0.327 e. The van der Waals surface area contributed by atoms with Gasteiger partial charge < -0.3 is 4.74 Å². The van der Waals surface area contributed by atoms with Crippen molar-refractivity contribution in [2.45, 2.75) is 0 Å². The van der Waals surface area contributed by atoms with Gasteiger partial charge in [0.2, 0.25) is 0 Å². The van der Waals surface area contributed by atoms with Crippen molar-refractivity contribution >= 4 is 17.9 Å². The van der Waals surface area contributed by atoms with Crippen LogP contribution in [0.2, 0.25) is 0 Å². The number of nitro groups is 1. The molecule has 84 valence electrons. The molecule has 0 aliphatic carbocycles. The third-order valence-electron chi connectivity index (χ3n) is 1.81. The van der Waals surface area contributed by atoms with Crippen LogP contribution in [0.1, 0.15) is 5.56 Å². The van der Waals surface area contributed by atoms with Gasteiger partial charge in [-0.25, -0.2) is 0 Å². The Kier molecular flexibility index (Phi) is 4.14. The molecule has 0 N–H and O–H groups in total. The number of aliphatic imine (C=N–C) groups is 1. The van der Waals surface area contributed by atoms with E-state index in [4.69, 9.17) is 0 Å². The van der Waals surface area contributed by atoms with Gasteiger partial charge in [0.05, 0.1) is 17.6 Å². The third kappa shape index (κ3) is 3.16. The summed E-state index contributed by atoms with van der Waals surface area (Å²) in [4.78, 5) is 24.6. The summed E-state index contributed by atoms with van der Waals surface area (Å²) in [5.41, 5.74) is 0.313. The predicted octanol–water partition coefficient (Wildman–Crippen LogP) is 1.19. The zero-order valence-corrected chi connectivity index (χ0v) is 8.62. The SMILES string of the molecule is COC(=O)CN=Cc1ccccc1[N+](=O)[O-]. The zero-order chi connectivity index (χ0) is 12.0. The molecule has 0 amide bonds. The summed E-state index contributed by atoms with van der Waals surface area (Å²) in [5, 5.41) is 10.6. The Balaban J connectivity index is 2.80. The Morgan fingerprint density at radius 1 is 1.56 bits per heavy atom. The van der Waals surface area contributed by atoms with E-state index in [1.807, 2.05) is 0 Å². The third-order valence-corrected chi connectivity index (χ3v) is 1.81. The van der Waals surface area contributed by atoms with Crippen LogP contribution in [0.5, 0.6) is 0 Å². The first-order valence-corrected chi connectivity index (χ1v) is 4.45. The van der Waals surface area contributed by atoms with E-state index in [2.05, 4.69) is 9.73 Å². The molecule has 6 nitrogen and oxygen atoms in total. The molecule has 0 spiro atoms. The highest BCUT2D eigenvalue weighted by atomic mass is 16.6. The number of esters is 1. The minimum atomic E-state index is -0.501. The molecule has 0 fully saturated rings. The Labute approximate surface area is 91.7 Å². The van der Waals surface area contributed by atoms with Gasteiger partial charge in [-0.15, -0.1) is 0 Å². The number of ether oxygens (including phenoxy) is 1. The van der Waals surface area contributed by atoms with Crippen molar-refractivity contribution < 1.29 is 14.5 Å². The van der Waals surface area contributed by atoms with E-state index < -0.39 is 10.9 Å². The summed E-state index contributed by atoms with van der Waals surface area (Å²) in [7, 11) is 1.25. The van der Waals surface area contributed by atoms with Crippen LogP contribution >= 0.6 is 0 Å². The number of carbonyl (C=O) groups excluding carboxylic acids is 1. The number of methoxy groups -OCH3 is 1. The first-order chi connectivity index (χ1) is 7.65. The molecule has 16 heavy (non-hydrogen) atoms. The normalized spacial score (nSPS) is 10.3. The Morgan fingerprint density at radius 2 is 2.25 bits per heavy atom. The maximum atomic E-state index is 10.8. The van der Waals surface area contributed by atoms with Gasteiger partial charge in [-0.05, 0) is 6.07 Å². The molecule has 0 saturated heterocycles. The van der Waals surface area contributed by atoms with E-state index in [9.17, 15) is 14.9 Å². The van der Waals surface area contributed by atoms with Gasteiger partial charge in [0.1, 0.15) is 6.54 Å². The Bertz CT molecular complexity index is 429. The molecule has 0 bridgehead atoms. The van der Waals surface area contributed by atoms with Crippen LogP contribution in [0.4, 0.5) is 5.69 Å². The zero-order valence-electron chi connectivity index (χ0n) is 8.62. The molecule has 1 rings (SSSR count). The highest BCUT2D eigenvalue weighted by molar-refractivity contribution is 5.86. The maximum absolute atomic E-state index is 10.8. The fourth-order valence-electron chi connectivity index (χ4n) is 1.05. The number of rotatable bonds is 4. The molecule has 0 aliphatic heterocycles. The highest BCUT2D eigenvalue weighted by Gasteiger charge is 2.09. The average molecular weight is 222 g/mol. The minimum Gasteiger partial charge on any atom is -0.468 e. The summed E-state index contributed by atoms with van der Waals surface area (Å²) in [6.07, 6.45) is 1.29. The molecule has 1 aromatic rings. The quantitative estimate of drug-likeness (QED) is 0.331. The van der Waals surface area contributed by atoms with E-state index in [0.717, 1.165) is 0 Å². The summed E-state index contributed by atoms with van der Waals surface area (Å²) >= 11 is 0. The first kappa shape index (κ1) is 11.8. The van der Waals surface area contributed by atoms with Gasteiger partial charge >= 0.3 is 5.97 Å². The van der Waals surface area contributed by atoms with E-state index in [-0.39, 0.29) is 12.2 Å². The highest BCUT2D eigenvalue weighted by Crippen LogP contribution is 2.15. The van der Waals surface area contributed by atoms with Crippen molar-refractivity contribution in [1.29, 1.82) is 0 Å². The Morgan fingerprint density at radius 3 is 2.88 bits per heavy atom. The lowest BCUT2D eigenvalue weighted by Gasteiger charge is -1.96. The maximum Gasteiger partial charge on any atom is 0.327 e. The number of carbonyl (C=O) groups is 1. The lowest BCUT2D eigenvalue weighted by Crippen LogP contribution is -2.04.